The monoisotopic (exact) mass is 256 g/mol. The standard InChI is InChI=1S/C9H5BrO2S/c10-7-3-1-2-5-6(9(11)12)4-13-8(5)7/h1-4H,(H,11,12). The van der Waals surface area contributed by atoms with Gasteiger partial charge in [-0.2, -0.15) is 0 Å². The topological polar surface area (TPSA) is 37.3 Å². The minimum absolute atomic E-state index is 0.376. The maximum absolute atomic E-state index is 10.8. The first kappa shape index (κ1) is 8.72. The van der Waals surface area contributed by atoms with E-state index in [1.54, 1.807) is 5.38 Å². The van der Waals surface area contributed by atoms with E-state index in [0.29, 0.717) is 5.56 Å². The van der Waals surface area contributed by atoms with Crippen LogP contribution in [0.15, 0.2) is 28.1 Å². The molecule has 13 heavy (non-hydrogen) atoms. The van der Waals surface area contributed by atoms with Gasteiger partial charge >= 0.3 is 5.97 Å². The van der Waals surface area contributed by atoms with Crippen LogP contribution in [0, 0.1) is 0 Å². The SMILES string of the molecule is O=C(O)c1csc2c(Br)cccc12. The molecule has 1 heterocycles. The van der Waals surface area contributed by atoms with Crippen molar-refractivity contribution in [3.8, 4) is 0 Å². The predicted molar refractivity (Wildman–Crippen MR) is 56.5 cm³/mol. The number of carboxylic acids is 1. The maximum Gasteiger partial charge on any atom is 0.337 e. The molecule has 1 aromatic carbocycles. The van der Waals surface area contributed by atoms with Gasteiger partial charge in [0.1, 0.15) is 0 Å². The Hall–Kier alpha value is -0.870. The lowest BCUT2D eigenvalue weighted by Gasteiger charge is -1.93. The minimum atomic E-state index is -0.871. The molecule has 2 rings (SSSR count). The zero-order chi connectivity index (χ0) is 9.42. The first-order valence-corrected chi connectivity index (χ1v) is 5.26. The van der Waals surface area contributed by atoms with Crippen molar-refractivity contribution in [1.29, 1.82) is 0 Å². The van der Waals surface area contributed by atoms with E-state index < -0.39 is 5.97 Å². The fourth-order valence-electron chi connectivity index (χ4n) is 1.19. The van der Waals surface area contributed by atoms with Gasteiger partial charge in [-0.15, -0.1) is 11.3 Å². The van der Waals surface area contributed by atoms with E-state index in [-0.39, 0.29) is 0 Å². The zero-order valence-electron chi connectivity index (χ0n) is 6.45. The van der Waals surface area contributed by atoms with Crippen LogP contribution in [0.2, 0.25) is 0 Å². The molecule has 0 amide bonds. The lowest BCUT2D eigenvalue weighted by molar-refractivity contribution is 0.0699. The van der Waals surface area contributed by atoms with Gasteiger partial charge in [0.05, 0.1) is 5.56 Å². The molecule has 0 atom stereocenters. The molecule has 1 aromatic heterocycles. The van der Waals surface area contributed by atoms with Crippen LogP contribution >= 0.6 is 27.3 Å². The van der Waals surface area contributed by atoms with E-state index >= 15 is 0 Å². The van der Waals surface area contributed by atoms with E-state index in [1.165, 1.54) is 11.3 Å². The molecule has 0 aliphatic heterocycles. The third-order valence-corrected chi connectivity index (χ3v) is 3.73. The second-order valence-corrected chi connectivity index (χ2v) is 4.31. The Bertz CT molecular complexity index is 475. The van der Waals surface area contributed by atoms with Crippen LogP contribution in [0.1, 0.15) is 10.4 Å². The number of halogens is 1. The lowest BCUT2D eigenvalue weighted by atomic mass is 10.2. The Morgan fingerprint density at radius 1 is 1.46 bits per heavy atom. The number of carboxylic acid groups (broad SMARTS) is 1. The molecule has 2 nitrogen and oxygen atoms in total. The van der Waals surface area contributed by atoms with Crippen LogP contribution in [0.3, 0.4) is 0 Å². The summed E-state index contributed by atoms with van der Waals surface area (Å²) in [6, 6.07) is 5.57. The summed E-state index contributed by atoms with van der Waals surface area (Å²) in [4.78, 5) is 10.8. The second kappa shape index (κ2) is 3.12. The van der Waals surface area contributed by atoms with Gasteiger partial charge in [-0.3, -0.25) is 0 Å². The van der Waals surface area contributed by atoms with E-state index in [2.05, 4.69) is 15.9 Å². The largest absolute Gasteiger partial charge is 0.478 e. The highest BCUT2D eigenvalue weighted by Crippen LogP contribution is 2.31. The molecular weight excluding hydrogens is 252 g/mol. The molecule has 2 aromatic rings. The maximum atomic E-state index is 10.8. The number of hydrogen-bond donors (Lipinski definition) is 1. The number of fused-ring (bicyclic) bond motifs is 1. The van der Waals surface area contributed by atoms with Crippen LogP contribution in [0.5, 0.6) is 0 Å². The molecule has 66 valence electrons. The molecule has 0 unspecified atom stereocenters. The van der Waals surface area contributed by atoms with Crippen LogP contribution in [0.25, 0.3) is 10.1 Å². The van der Waals surface area contributed by atoms with Gasteiger partial charge < -0.3 is 5.11 Å². The average Bonchev–Trinajstić information content (AvgIpc) is 2.48. The first-order chi connectivity index (χ1) is 6.20. The smallest absolute Gasteiger partial charge is 0.337 e. The zero-order valence-corrected chi connectivity index (χ0v) is 8.85. The van der Waals surface area contributed by atoms with Crippen molar-refractivity contribution < 1.29 is 9.90 Å². The Kier molecular flexibility index (Phi) is 2.09. The second-order valence-electron chi connectivity index (χ2n) is 2.57. The summed E-state index contributed by atoms with van der Waals surface area (Å²) >= 11 is 4.82. The molecule has 0 bridgehead atoms. The van der Waals surface area contributed by atoms with Gasteiger partial charge in [0.2, 0.25) is 0 Å². The molecule has 0 radical (unpaired) electrons. The molecular formula is C9H5BrO2S. The number of rotatable bonds is 1. The summed E-state index contributed by atoms with van der Waals surface area (Å²) in [5, 5.41) is 11.3. The Morgan fingerprint density at radius 2 is 2.23 bits per heavy atom. The summed E-state index contributed by atoms with van der Waals surface area (Å²) in [6.07, 6.45) is 0. The first-order valence-electron chi connectivity index (χ1n) is 3.59. The molecule has 4 heteroatoms. The highest BCUT2D eigenvalue weighted by molar-refractivity contribution is 9.10. The van der Waals surface area contributed by atoms with Crippen LogP contribution in [-0.4, -0.2) is 11.1 Å². The predicted octanol–water partition coefficient (Wildman–Crippen LogP) is 3.36. The fourth-order valence-corrected chi connectivity index (χ4v) is 2.78. The van der Waals surface area contributed by atoms with Crippen molar-refractivity contribution in [2.45, 2.75) is 0 Å². The summed E-state index contributed by atoms with van der Waals surface area (Å²) in [6.45, 7) is 0. The quantitative estimate of drug-likeness (QED) is 0.850. The van der Waals surface area contributed by atoms with Gasteiger partial charge in [-0.05, 0) is 22.0 Å². The third kappa shape index (κ3) is 1.36. The van der Waals surface area contributed by atoms with Crippen LogP contribution in [-0.2, 0) is 0 Å². The van der Waals surface area contributed by atoms with Gasteiger partial charge in [-0.25, -0.2) is 4.79 Å². The van der Waals surface area contributed by atoms with E-state index in [4.69, 9.17) is 5.11 Å². The van der Waals surface area contributed by atoms with Gasteiger partial charge in [0.15, 0.2) is 0 Å². The molecule has 0 aliphatic carbocycles. The number of thiophene rings is 1. The molecule has 0 saturated heterocycles. The highest BCUT2D eigenvalue weighted by atomic mass is 79.9. The minimum Gasteiger partial charge on any atom is -0.478 e. The number of carbonyl (C=O) groups is 1. The average molecular weight is 257 g/mol. The summed E-state index contributed by atoms with van der Waals surface area (Å²) < 4.78 is 1.93. The Balaban J connectivity index is 2.83. The summed E-state index contributed by atoms with van der Waals surface area (Å²) in [5.74, 6) is -0.871. The Labute approximate surface area is 86.9 Å². The van der Waals surface area contributed by atoms with Crippen molar-refractivity contribution in [2.75, 3.05) is 0 Å². The van der Waals surface area contributed by atoms with Crippen molar-refractivity contribution in [1.82, 2.24) is 0 Å². The summed E-state index contributed by atoms with van der Waals surface area (Å²) in [5.41, 5.74) is 0.376. The third-order valence-electron chi connectivity index (χ3n) is 1.78. The normalized spacial score (nSPS) is 10.5. The number of benzene rings is 1. The highest BCUT2D eigenvalue weighted by Gasteiger charge is 2.11. The molecule has 0 saturated carbocycles. The molecule has 0 spiro atoms. The Morgan fingerprint density at radius 3 is 2.92 bits per heavy atom. The van der Waals surface area contributed by atoms with Gasteiger partial charge in [0.25, 0.3) is 0 Å². The van der Waals surface area contributed by atoms with Gasteiger partial charge in [0, 0.05) is 19.9 Å². The summed E-state index contributed by atoms with van der Waals surface area (Å²) in [7, 11) is 0. The fraction of sp³-hybridized carbons (Fsp3) is 0. The van der Waals surface area contributed by atoms with Crippen molar-refractivity contribution in [2.24, 2.45) is 0 Å². The van der Waals surface area contributed by atoms with Crippen molar-refractivity contribution in [3.05, 3.63) is 33.6 Å². The number of hydrogen-bond acceptors (Lipinski definition) is 2. The van der Waals surface area contributed by atoms with Gasteiger partial charge in [-0.1, -0.05) is 12.1 Å². The lowest BCUT2D eigenvalue weighted by Crippen LogP contribution is -1.93. The molecule has 0 aliphatic rings. The molecule has 0 fully saturated rings. The number of aromatic carboxylic acids is 1. The van der Waals surface area contributed by atoms with Crippen LogP contribution < -0.4 is 0 Å². The van der Waals surface area contributed by atoms with E-state index in [9.17, 15) is 4.79 Å². The van der Waals surface area contributed by atoms with Crippen molar-refractivity contribution >= 4 is 43.3 Å². The van der Waals surface area contributed by atoms with E-state index in [1.807, 2.05) is 18.2 Å². The molecule has 1 N–H and O–H groups in total. The van der Waals surface area contributed by atoms with Crippen LogP contribution in [0.4, 0.5) is 0 Å². The van der Waals surface area contributed by atoms with E-state index in [0.717, 1.165) is 14.6 Å². The van der Waals surface area contributed by atoms with Crippen molar-refractivity contribution in [3.63, 3.8) is 0 Å².